The summed E-state index contributed by atoms with van der Waals surface area (Å²) < 4.78 is 17.5. The van der Waals surface area contributed by atoms with E-state index in [4.69, 9.17) is 16.3 Å². The number of carbonyl (C=O) groups is 1. The second-order valence-corrected chi connectivity index (χ2v) is 7.95. The summed E-state index contributed by atoms with van der Waals surface area (Å²) in [6.45, 7) is 3.52. The van der Waals surface area contributed by atoms with Crippen LogP contribution in [0.2, 0.25) is 5.02 Å². The molecule has 0 aromatic heterocycles. The highest BCUT2D eigenvalue weighted by Gasteiger charge is 2.42. The van der Waals surface area contributed by atoms with E-state index in [0.29, 0.717) is 16.4 Å². The average Bonchev–Trinajstić information content (AvgIpc) is 2.78. The van der Waals surface area contributed by atoms with E-state index < -0.39 is 16.4 Å². The van der Waals surface area contributed by atoms with Gasteiger partial charge in [-0.25, -0.2) is 0 Å². The molecule has 0 saturated heterocycles. The van der Waals surface area contributed by atoms with E-state index in [1.807, 2.05) is 24.3 Å². The lowest BCUT2D eigenvalue weighted by Crippen LogP contribution is -2.29. The van der Waals surface area contributed by atoms with Gasteiger partial charge in [-0.15, -0.1) is 0 Å². The Labute approximate surface area is 148 Å². The highest BCUT2D eigenvalue weighted by molar-refractivity contribution is 7.84. The molecule has 3 rings (SSSR count). The van der Waals surface area contributed by atoms with Gasteiger partial charge in [0.1, 0.15) is 5.76 Å². The molecule has 124 valence electrons. The van der Waals surface area contributed by atoms with Crippen LogP contribution >= 0.6 is 11.6 Å². The van der Waals surface area contributed by atoms with Gasteiger partial charge < -0.3 is 4.74 Å². The number of carbonyl (C=O) groups excluding carboxylic acids is 1. The molecule has 0 spiro atoms. The predicted octanol–water partition coefficient (Wildman–Crippen LogP) is 4.32. The molecule has 1 aliphatic heterocycles. The number of ketones is 1. The van der Waals surface area contributed by atoms with E-state index in [0.717, 1.165) is 16.0 Å². The van der Waals surface area contributed by atoms with E-state index in [1.54, 1.807) is 44.4 Å². The van der Waals surface area contributed by atoms with Crippen molar-refractivity contribution >= 4 is 39.5 Å². The number of ether oxygens (including phenoxy) is 1. The minimum Gasteiger partial charge on any atom is -0.478 e. The minimum absolute atomic E-state index is 0.0715. The van der Waals surface area contributed by atoms with Crippen molar-refractivity contribution in [2.75, 3.05) is 6.26 Å². The highest BCUT2D eigenvalue weighted by atomic mass is 35.5. The molecule has 2 aromatic rings. The fraction of sp³-hybridized carbons (Fsp3) is 0.211. The summed E-state index contributed by atoms with van der Waals surface area (Å²) in [7, 11) is -1.06. The van der Waals surface area contributed by atoms with Gasteiger partial charge >= 0.3 is 0 Å². The zero-order valence-electron chi connectivity index (χ0n) is 13.6. The molecule has 0 bridgehead atoms. The van der Waals surface area contributed by atoms with Gasteiger partial charge in [0.05, 0.1) is 5.57 Å². The van der Waals surface area contributed by atoms with Crippen LogP contribution in [0, 0.1) is 0 Å². The fourth-order valence-corrected chi connectivity index (χ4v) is 3.28. The first kappa shape index (κ1) is 16.9. The maximum Gasteiger partial charge on any atom is 0.210 e. The Balaban J connectivity index is 2.14. The average molecular weight is 361 g/mol. The summed E-state index contributed by atoms with van der Waals surface area (Å²) in [5.41, 5.74) is 1.17. The highest BCUT2D eigenvalue weighted by Crippen LogP contribution is 2.41. The van der Waals surface area contributed by atoms with E-state index in [9.17, 15) is 9.00 Å². The summed E-state index contributed by atoms with van der Waals surface area (Å²) in [6, 6.07) is 14.4. The number of rotatable bonds is 3. The molecule has 1 aliphatic rings. The van der Waals surface area contributed by atoms with Crippen LogP contribution in [0.1, 0.15) is 25.0 Å². The predicted molar refractivity (Wildman–Crippen MR) is 97.2 cm³/mol. The molecule has 0 fully saturated rings. The van der Waals surface area contributed by atoms with Crippen LogP contribution in [0.25, 0.3) is 11.3 Å². The Morgan fingerprint density at radius 1 is 0.958 bits per heavy atom. The van der Waals surface area contributed by atoms with E-state index in [-0.39, 0.29) is 5.78 Å². The van der Waals surface area contributed by atoms with Crippen molar-refractivity contribution in [3.05, 3.63) is 64.7 Å². The number of hydrogen-bond donors (Lipinski definition) is 0. The second-order valence-electron chi connectivity index (χ2n) is 6.13. The Kier molecular flexibility index (Phi) is 4.37. The molecule has 0 aliphatic carbocycles. The number of hydrogen-bond acceptors (Lipinski definition) is 3. The number of halogens is 1. The zero-order valence-corrected chi connectivity index (χ0v) is 15.2. The molecule has 1 unspecified atom stereocenters. The van der Waals surface area contributed by atoms with Crippen molar-refractivity contribution < 1.29 is 13.7 Å². The van der Waals surface area contributed by atoms with Crippen LogP contribution in [0.5, 0.6) is 0 Å². The van der Waals surface area contributed by atoms with Gasteiger partial charge in [0.2, 0.25) is 5.78 Å². The lowest BCUT2D eigenvalue weighted by Gasteiger charge is -2.17. The first-order valence-electron chi connectivity index (χ1n) is 7.47. The van der Waals surface area contributed by atoms with Gasteiger partial charge in [0.25, 0.3) is 0 Å². The monoisotopic (exact) mass is 360 g/mol. The fourth-order valence-electron chi connectivity index (χ4n) is 2.64. The first-order chi connectivity index (χ1) is 11.3. The van der Waals surface area contributed by atoms with Crippen molar-refractivity contribution in [3.63, 3.8) is 0 Å². The van der Waals surface area contributed by atoms with Crippen LogP contribution in [-0.4, -0.2) is 21.8 Å². The van der Waals surface area contributed by atoms with Crippen LogP contribution in [-0.2, 0) is 20.3 Å². The summed E-state index contributed by atoms with van der Waals surface area (Å²) in [5.74, 6) is 0.477. The molecule has 1 heterocycles. The van der Waals surface area contributed by atoms with Gasteiger partial charge in [-0.1, -0.05) is 23.7 Å². The number of Topliss-reactive ketones (excluding diaryl/α,β-unsaturated/α-hetero) is 1. The summed E-state index contributed by atoms with van der Waals surface area (Å²) >= 11 is 5.95. The molecule has 3 nitrogen and oxygen atoms in total. The van der Waals surface area contributed by atoms with E-state index in [1.165, 1.54) is 0 Å². The third kappa shape index (κ3) is 3.04. The first-order valence-corrected chi connectivity index (χ1v) is 9.41. The molecule has 0 saturated carbocycles. The van der Waals surface area contributed by atoms with Gasteiger partial charge in [-0.3, -0.25) is 9.00 Å². The standard InChI is InChI=1S/C19H17ClO3S/c1-19(2)18(21)16(12-6-10-15(11-7-12)24(3)22)17(23-19)13-4-8-14(20)9-5-13/h4-11H,1-3H3. The Morgan fingerprint density at radius 3 is 2.04 bits per heavy atom. The van der Waals surface area contributed by atoms with Gasteiger partial charge in [-0.2, -0.15) is 0 Å². The normalized spacial score (nSPS) is 17.8. The molecule has 0 radical (unpaired) electrons. The third-order valence-corrected chi connectivity index (χ3v) is 5.13. The molecule has 2 aromatic carbocycles. The lowest BCUT2D eigenvalue weighted by molar-refractivity contribution is -0.125. The quantitative estimate of drug-likeness (QED) is 0.818. The Morgan fingerprint density at radius 2 is 1.50 bits per heavy atom. The summed E-state index contributed by atoms with van der Waals surface area (Å²) in [5, 5.41) is 0.624. The van der Waals surface area contributed by atoms with Crippen molar-refractivity contribution in [1.82, 2.24) is 0 Å². The van der Waals surface area contributed by atoms with Crippen LogP contribution in [0.4, 0.5) is 0 Å². The Hall–Kier alpha value is -1.91. The molecular formula is C19H17ClO3S. The topological polar surface area (TPSA) is 43.4 Å². The van der Waals surface area contributed by atoms with Crippen molar-refractivity contribution in [2.45, 2.75) is 24.3 Å². The van der Waals surface area contributed by atoms with Crippen LogP contribution in [0.15, 0.2) is 53.4 Å². The van der Waals surface area contributed by atoms with Crippen LogP contribution < -0.4 is 0 Å². The molecular weight excluding hydrogens is 344 g/mol. The lowest BCUT2D eigenvalue weighted by atomic mass is 9.93. The summed E-state index contributed by atoms with van der Waals surface area (Å²) in [4.78, 5) is 13.5. The molecule has 0 amide bonds. The molecule has 0 N–H and O–H groups in total. The van der Waals surface area contributed by atoms with E-state index >= 15 is 0 Å². The second kappa shape index (κ2) is 6.19. The van der Waals surface area contributed by atoms with E-state index in [2.05, 4.69) is 0 Å². The minimum atomic E-state index is -1.06. The van der Waals surface area contributed by atoms with Crippen molar-refractivity contribution in [1.29, 1.82) is 0 Å². The largest absolute Gasteiger partial charge is 0.478 e. The maximum absolute atomic E-state index is 12.8. The molecule has 5 heteroatoms. The van der Waals surface area contributed by atoms with Crippen molar-refractivity contribution in [3.8, 4) is 0 Å². The third-order valence-electron chi connectivity index (χ3n) is 3.94. The van der Waals surface area contributed by atoms with Gasteiger partial charge in [0, 0.05) is 32.5 Å². The molecule has 24 heavy (non-hydrogen) atoms. The molecule has 1 atom stereocenters. The van der Waals surface area contributed by atoms with Crippen molar-refractivity contribution in [2.24, 2.45) is 0 Å². The maximum atomic E-state index is 12.8. The SMILES string of the molecule is CS(=O)c1ccc(C2=C(c3ccc(Cl)cc3)OC(C)(C)C2=O)cc1. The smallest absolute Gasteiger partial charge is 0.210 e. The Bertz CT molecular complexity index is 849. The number of benzene rings is 2. The van der Waals surface area contributed by atoms with Gasteiger partial charge in [0.15, 0.2) is 5.60 Å². The van der Waals surface area contributed by atoms with Crippen LogP contribution in [0.3, 0.4) is 0 Å². The van der Waals surface area contributed by atoms with Gasteiger partial charge in [-0.05, 0) is 55.8 Å². The zero-order chi connectivity index (χ0) is 17.5. The summed E-state index contributed by atoms with van der Waals surface area (Å²) in [6.07, 6.45) is 1.63.